The molecule has 0 amide bonds. The first-order valence-corrected chi connectivity index (χ1v) is 5.78. The van der Waals surface area contributed by atoms with E-state index in [1.165, 1.54) is 0 Å². The summed E-state index contributed by atoms with van der Waals surface area (Å²) in [5.74, 6) is 0.374. The number of hydrogen-bond donors (Lipinski definition) is 0. The van der Waals surface area contributed by atoms with Gasteiger partial charge in [0.2, 0.25) is 5.79 Å². The van der Waals surface area contributed by atoms with Gasteiger partial charge in [-0.05, 0) is 18.9 Å². The molecule has 0 spiro atoms. The maximum absolute atomic E-state index is 5.97. The predicted molar refractivity (Wildman–Crippen MR) is 65.4 cm³/mol. The van der Waals surface area contributed by atoms with Crippen molar-refractivity contribution in [2.24, 2.45) is 0 Å². The summed E-state index contributed by atoms with van der Waals surface area (Å²) < 4.78 is 11.7. The third-order valence-corrected chi connectivity index (χ3v) is 2.90. The van der Waals surface area contributed by atoms with Gasteiger partial charge in [0, 0.05) is 18.9 Å². The average molecular weight is 218 g/mol. The van der Waals surface area contributed by atoms with Crippen LogP contribution in [0.1, 0.15) is 31.7 Å². The van der Waals surface area contributed by atoms with E-state index in [4.69, 9.17) is 9.47 Å². The summed E-state index contributed by atoms with van der Waals surface area (Å²) in [4.78, 5) is 0. The first-order chi connectivity index (χ1) is 7.73. The highest BCUT2D eigenvalue weighted by Gasteiger charge is 2.30. The third kappa shape index (κ3) is 2.45. The lowest BCUT2D eigenvalue weighted by Crippen LogP contribution is -2.39. The molecule has 16 heavy (non-hydrogen) atoms. The fraction of sp³-hybridized carbons (Fsp3) is 0.429. The van der Waals surface area contributed by atoms with Crippen molar-refractivity contribution in [2.45, 2.75) is 32.0 Å². The molecule has 1 heterocycles. The number of ether oxygens (including phenoxy) is 2. The van der Waals surface area contributed by atoms with Crippen molar-refractivity contribution >= 4 is 6.08 Å². The lowest BCUT2D eigenvalue weighted by molar-refractivity contribution is -0.192. The van der Waals surface area contributed by atoms with Gasteiger partial charge in [-0.1, -0.05) is 30.9 Å². The van der Waals surface area contributed by atoms with Gasteiger partial charge in [-0.15, -0.1) is 0 Å². The Morgan fingerprint density at radius 2 is 2.19 bits per heavy atom. The Hall–Kier alpha value is -1.28. The minimum Gasteiger partial charge on any atom is -0.462 e. The smallest absolute Gasteiger partial charge is 0.207 e. The molecule has 1 aromatic rings. The van der Waals surface area contributed by atoms with Gasteiger partial charge in [0.05, 0.1) is 6.61 Å². The molecule has 1 aliphatic heterocycles. The highest BCUT2D eigenvalue weighted by atomic mass is 16.7. The van der Waals surface area contributed by atoms with E-state index in [1.54, 1.807) is 0 Å². The number of rotatable bonds is 3. The Morgan fingerprint density at radius 3 is 2.88 bits per heavy atom. The molecule has 2 heteroatoms. The topological polar surface area (TPSA) is 18.5 Å². The zero-order valence-corrected chi connectivity index (χ0v) is 9.74. The van der Waals surface area contributed by atoms with Gasteiger partial charge in [0.1, 0.15) is 5.75 Å². The van der Waals surface area contributed by atoms with Gasteiger partial charge < -0.3 is 9.47 Å². The van der Waals surface area contributed by atoms with Crippen molar-refractivity contribution < 1.29 is 9.47 Å². The summed E-state index contributed by atoms with van der Waals surface area (Å²) in [6, 6.07) is 7.90. The molecule has 0 saturated carbocycles. The van der Waals surface area contributed by atoms with E-state index in [-0.39, 0.29) is 0 Å². The van der Waals surface area contributed by atoms with Crippen LogP contribution in [-0.4, -0.2) is 12.4 Å². The van der Waals surface area contributed by atoms with E-state index in [9.17, 15) is 0 Å². The highest BCUT2D eigenvalue weighted by Crippen LogP contribution is 2.30. The summed E-state index contributed by atoms with van der Waals surface area (Å²) in [6.45, 7) is 6.58. The van der Waals surface area contributed by atoms with Crippen LogP contribution >= 0.6 is 0 Å². The van der Waals surface area contributed by atoms with Crippen LogP contribution in [0.25, 0.3) is 6.08 Å². The molecule has 0 bridgehead atoms. The van der Waals surface area contributed by atoms with E-state index in [1.807, 2.05) is 37.3 Å². The monoisotopic (exact) mass is 218 g/mol. The van der Waals surface area contributed by atoms with Crippen LogP contribution in [0.2, 0.25) is 0 Å². The summed E-state index contributed by atoms with van der Waals surface area (Å²) >= 11 is 0. The van der Waals surface area contributed by atoms with Crippen LogP contribution in [0, 0.1) is 0 Å². The largest absolute Gasteiger partial charge is 0.462 e. The van der Waals surface area contributed by atoms with Crippen LogP contribution in [-0.2, 0) is 4.74 Å². The molecule has 2 rings (SSSR count). The average Bonchev–Trinajstić information content (AvgIpc) is 2.30. The van der Waals surface area contributed by atoms with Gasteiger partial charge in [-0.2, -0.15) is 0 Å². The van der Waals surface area contributed by atoms with E-state index in [0.29, 0.717) is 0 Å². The third-order valence-electron chi connectivity index (χ3n) is 2.90. The predicted octanol–water partition coefficient (Wildman–Crippen LogP) is 3.63. The molecule has 0 N–H and O–H groups in total. The van der Waals surface area contributed by atoms with Crippen LogP contribution in [0.4, 0.5) is 0 Å². The lowest BCUT2D eigenvalue weighted by Gasteiger charge is -2.34. The molecule has 1 unspecified atom stereocenters. The second-order valence-corrected chi connectivity index (χ2v) is 4.28. The van der Waals surface area contributed by atoms with Crippen molar-refractivity contribution in [1.29, 1.82) is 0 Å². The van der Waals surface area contributed by atoms with Crippen molar-refractivity contribution in [3.05, 3.63) is 36.4 Å². The quantitative estimate of drug-likeness (QED) is 0.771. The van der Waals surface area contributed by atoms with Gasteiger partial charge >= 0.3 is 0 Å². The van der Waals surface area contributed by atoms with E-state index >= 15 is 0 Å². The fourth-order valence-corrected chi connectivity index (χ4v) is 1.96. The Labute approximate surface area is 96.9 Å². The van der Waals surface area contributed by atoms with E-state index < -0.39 is 5.79 Å². The van der Waals surface area contributed by atoms with Crippen molar-refractivity contribution in [3.63, 3.8) is 0 Å². The minimum absolute atomic E-state index is 0.475. The zero-order chi connectivity index (χ0) is 11.4. The number of para-hydroxylation sites is 1. The molecule has 1 aromatic carbocycles. The maximum atomic E-state index is 5.97. The Bertz CT molecular complexity index is 365. The van der Waals surface area contributed by atoms with E-state index in [2.05, 4.69) is 6.58 Å². The van der Waals surface area contributed by atoms with Crippen molar-refractivity contribution in [2.75, 3.05) is 6.61 Å². The molecule has 0 aliphatic carbocycles. The number of benzene rings is 1. The van der Waals surface area contributed by atoms with Crippen LogP contribution in [0.3, 0.4) is 0 Å². The minimum atomic E-state index is -0.475. The standard InChI is InChI=1S/C14H18O2/c1-3-12-8-4-5-9-13(12)16-14(2)10-6-7-11-15-14/h3-5,8-9H,1,6-7,10-11H2,2H3. The van der Waals surface area contributed by atoms with Gasteiger partial charge in [0.15, 0.2) is 0 Å². The highest BCUT2D eigenvalue weighted by molar-refractivity contribution is 5.55. The molecule has 0 aromatic heterocycles. The molecule has 1 atom stereocenters. The van der Waals surface area contributed by atoms with Crippen molar-refractivity contribution in [1.82, 2.24) is 0 Å². The van der Waals surface area contributed by atoms with Gasteiger partial charge in [-0.3, -0.25) is 0 Å². The van der Waals surface area contributed by atoms with Crippen LogP contribution < -0.4 is 4.74 Å². The maximum Gasteiger partial charge on any atom is 0.207 e. The van der Waals surface area contributed by atoms with Gasteiger partial charge in [0.25, 0.3) is 0 Å². The van der Waals surface area contributed by atoms with Crippen LogP contribution in [0.5, 0.6) is 5.75 Å². The Morgan fingerprint density at radius 1 is 1.38 bits per heavy atom. The van der Waals surface area contributed by atoms with Crippen LogP contribution in [0.15, 0.2) is 30.8 Å². The second kappa shape index (κ2) is 4.71. The first kappa shape index (κ1) is 11.2. The summed E-state index contributed by atoms with van der Waals surface area (Å²) in [5, 5.41) is 0. The molecule has 0 radical (unpaired) electrons. The molecule has 1 fully saturated rings. The molecule has 2 nitrogen and oxygen atoms in total. The first-order valence-electron chi connectivity index (χ1n) is 5.78. The summed E-state index contributed by atoms with van der Waals surface area (Å²) in [5.41, 5.74) is 1.01. The SMILES string of the molecule is C=Cc1ccccc1OC1(C)CCCCO1. The van der Waals surface area contributed by atoms with Gasteiger partial charge in [-0.25, -0.2) is 0 Å². The molecule has 86 valence electrons. The molecular weight excluding hydrogens is 200 g/mol. The van der Waals surface area contributed by atoms with Crippen molar-refractivity contribution in [3.8, 4) is 5.75 Å². The normalized spacial score (nSPS) is 25.1. The Balaban J connectivity index is 2.15. The second-order valence-electron chi connectivity index (χ2n) is 4.28. The van der Waals surface area contributed by atoms with E-state index in [0.717, 1.165) is 37.2 Å². The molecule has 1 saturated heterocycles. The number of hydrogen-bond acceptors (Lipinski definition) is 2. The Kier molecular flexibility index (Phi) is 3.30. The fourth-order valence-electron chi connectivity index (χ4n) is 1.96. The zero-order valence-electron chi connectivity index (χ0n) is 9.74. The molecule has 1 aliphatic rings. The molecular formula is C14H18O2. The lowest BCUT2D eigenvalue weighted by atomic mass is 10.1. The summed E-state index contributed by atoms with van der Waals surface area (Å²) in [7, 11) is 0. The summed E-state index contributed by atoms with van der Waals surface area (Å²) in [6.07, 6.45) is 5.04.